The molecule has 0 unspecified atom stereocenters. The first-order valence-electron chi connectivity index (χ1n) is 12.2. The number of carboxylic acids is 1. The van der Waals surface area contributed by atoms with E-state index in [4.69, 9.17) is 9.47 Å². The largest absolute Gasteiger partial charge is 0.481 e. The van der Waals surface area contributed by atoms with E-state index in [1.807, 2.05) is 24.3 Å². The Hall–Kier alpha value is -3.39. The van der Waals surface area contributed by atoms with Crippen LogP contribution < -0.4 is 5.32 Å². The van der Waals surface area contributed by atoms with Crippen molar-refractivity contribution in [2.24, 2.45) is 11.8 Å². The molecule has 184 valence electrons. The van der Waals surface area contributed by atoms with Gasteiger partial charge in [0.05, 0.1) is 24.5 Å². The highest BCUT2D eigenvalue weighted by atomic mass is 16.5. The van der Waals surface area contributed by atoms with Gasteiger partial charge in [0.15, 0.2) is 0 Å². The summed E-state index contributed by atoms with van der Waals surface area (Å²) in [4.78, 5) is 38.2. The molecule has 3 aliphatic rings. The standard InChI is InChI=1S/C27H30N2O6/c30-25(29-11-5-6-17(14-29)26(31)32)18-12-19(34-15-18)13-28-27(33)35-16-24-22-9-3-1-7-20(22)21-8-2-4-10-23(21)24/h1-4,7-10,17-19,24H,5-6,11-16H2,(H,28,33)(H,31,32)/t17-,18+,19+/m1/s1. The Morgan fingerprint density at radius 3 is 2.40 bits per heavy atom. The number of ether oxygens (including phenoxy) is 2. The zero-order valence-corrected chi connectivity index (χ0v) is 19.5. The van der Waals surface area contributed by atoms with E-state index in [0.717, 1.165) is 11.1 Å². The van der Waals surface area contributed by atoms with Crippen molar-refractivity contribution in [3.8, 4) is 11.1 Å². The number of fused-ring (bicyclic) bond motifs is 3. The van der Waals surface area contributed by atoms with Gasteiger partial charge in [-0.25, -0.2) is 4.79 Å². The second-order valence-electron chi connectivity index (χ2n) is 9.56. The van der Waals surface area contributed by atoms with Crippen LogP contribution in [0.1, 0.15) is 36.3 Å². The summed E-state index contributed by atoms with van der Waals surface area (Å²) in [6.07, 6.45) is 1.02. The lowest BCUT2D eigenvalue weighted by atomic mass is 9.96. The lowest BCUT2D eigenvalue weighted by Crippen LogP contribution is -2.45. The highest BCUT2D eigenvalue weighted by molar-refractivity contribution is 5.81. The van der Waals surface area contributed by atoms with Crippen molar-refractivity contribution >= 4 is 18.0 Å². The maximum absolute atomic E-state index is 12.8. The number of piperidine rings is 1. The number of likely N-dealkylation sites (tertiary alicyclic amines) is 1. The fraction of sp³-hybridized carbons (Fsp3) is 0.444. The normalized spacial score (nSPS) is 23.4. The van der Waals surface area contributed by atoms with Gasteiger partial charge in [0, 0.05) is 25.6 Å². The smallest absolute Gasteiger partial charge is 0.407 e. The quantitative estimate of drug-likeness (QED) is 0.660. The van der Waals surface area contributed by atoms with Crippen LogP contribution in [-0.4, -0.2) is 66.9 Å². The summed E-state index contributed by atoms with van der Waals surface area (Å²) in [5.74, 6) is -1.72. The van der Waals surface area contributed by atoms with Gasteiger partial charge >= 0.3 is 12.1 Å². The van der Waals surface area contributed by atoms with Gasteiger partial charge in [0.25, 0.3) is 0 Å². The van der Waals surface area contributed by atoms with Crippen molar-refractivity contribution in [1.82, 2.24) is 10.2 Å². The lowest BCUT2D eigenvalue weighted by molar-refractivity contribution is -0.146. The Morgan fingerprint density at radius 1 is 1.03 bits per heavy atom. The van der Waals surface area contributed by atoms with E-state index < -0.39 is 18.0 Å². The van der Waals surface area contributed by atoms with E-state index in [0.29, 0.717) is 25.8 Å². The third kappa shape index (κ3) is 4.89. The Bertz CT molecular complexity index is 1070. The molecular weight excluding hydrogens is 448 g/mol. The molecule has 2 fully saturated rings. The van der Waals surface area contributed by atoms with Crippen molar-refractivity contribution in [2.75, 3.05) is 32.8 Å². The van der Waals surface area contributed by atoms with Gasteiger partial charge in [-0.1, -0.05) is 48.5 Å². The van der Waals surface area contributed by atoms with E-state index in [-0.39, 0.29) is 50.2 Å². The molecule has 2 aromatic carbocycles. The molecule has 3 atom stereocenters. The number of aliphatic carboxylic acids is 1. The van der Waals surface area contributed by atoms with E-state index >= 15 is 0 Å². The number of nitrogens with zero attached hydrogens (tertiary/aromatic N) is 1. The Kier molecular flexibility index (Phi) is 6.72. The van der Waals surface area contributed by atoms with Crippen LogP contribution in [0.2, 0.25) is 0 Å². The molecule has 2 amide bonds. The van der Waals surface area contributed by atoms with Gasteiger partial charge in [-0.05, 0) is 41.5 Å². The predicted molar refractivity (Wildman–Crippen MR) is 128 cm³/mol. The van der Waals surface area contributed by atoms with Crippen LogP contribution in [0.25, 0.3) is 11.1 Å². The molecule has 2 heterocycles. The molecular formula is C27H30N2O6. The molecule has 2 saturated heterocycles. The number of carboxylic acid groups (broad SMARTS) is 1. The number of nitrogens with one attached hydrogen (secondary N) is 1. The molecule has 0 saturated carbocycles. The number of benzene rings is 2. The van der Waals surface area contributed by atoms with Crippen molar-refractivity contribution in [1.29, 1.82) is 0 Å². The Balaban J connectivity index is 1.09. The number of amides is 2. The number of rotatable bonds is 6. The number of hydrogen-bond donors (Lipinski definition) is 2. The second-order valence-corrected chi connectivity index (χ2v) is 9.56. The minimum atomic E-state index is -0.852. The molecule has 35 heavy (non-hydrogen) atoms. The maximum atomic E-state index is 12.8. The first-order valence-corrected chi connectivity index (χ1v) is 12.2. The van der Waals surface area contributed by atoms with Crippen LogP contribution in [0.5, 0.6) is 0 Å². The topological polar surface area (TPSA) is 105 Å². The van der Waals surface area contributed by atoms with Crippen LogP contribution in [0.15, 0.2) is 48.5 Å². The summed E-state index contributed by atoms with van der Waals surface area (Å²) in [7, 11) is 0. The fourth-order valence-corrected chi connectivity index (χ4v) is 5.50. The monoisotopic (exact) mass is 478 g/mol. The number of carbonyl (C=O) groups excluding carboxylic acids is 2. The minimum absolute atomic E-state index is 0.00273. The van der Waals surface area contributed by atoms with Crippen LogP contribution in [-0.2, 0) is 19.1 Å². The molecule has 5 rings (SSSR count). The highest BCUT2D eigenvalue weighted by Gasteiger charge is 2.36. The van der Waals surface area contributed by atoms with Crippen molar-refractivity contribution < 1.29 is 29.0 Å². The summed E-state index contributed by atoms with van der Waals surface area (Å²) < 4.78 is 11.3. The first kappa shape index (κ1) is 23.4. The third-order valence-corrected chi connectivity index (χ3v) is 7.33. The average molecular weight is 479 g/mol. The molecule has 8 heteroatoms. The van der Waals surface area contributed by atoms with Crippen molar-refractivity contribution in [3.05, 3.63) is 59.7 Å². The molecule has 8 nitrogen and oxygen atoms in total. The molecule has 0 bridgehead atoms. The summed E-state index contributed by atoms with van der Waals surface area (Å²) in [6.45, 7) is 1.63. The molecule has 0 aromatic heterocycles. The zero-order chi connectivity index (χ0) is 24.4. The number of carbonyl (C=O) groups is 3. The molecule has 2 aliphatic heterocycles. The number of hydrogen-bond acceptors (Lipinski definition) is 5. The van der Waals surface area contributed by atoms with Crippen LogP contribution in [0, 0.1) is 11.8 Å². The summed E-state index contributed by atoms with van der Waals surface area (Å²) in [5, 5.41) is 12.0. The van der Waals surface area contributed by atoms with Crippen LogP contribution in [0.3, 0.4) is 0 Å². The molecule has 0 spiro atoms. The molecule has 2 N–H and O–H groups in total. The van der Waals surface area contributed by atoms with Crippen molar-refractivity contribution in [2.45, 2.75) is 31.3 Å². The predicted octanol–water partition coefficient (Wildman–Crippen LogP) is 3.25. The first-order chi connectivity index (χ1) is 17.0. The maximum Gasteiger partial charge on any atom is 0.407 e. The number of alkyl carbamates (subject to hydrolysis) is 1. The third-order valence-electron chi connectivity index (χ3n) is 7.33. The summed E-state index contributed by atoms with van der Waals surface area (Å²) in [6, 6.07) is 16.4. The van der Waals surface area contributed by atoms with E-state index in [1.165, 1.54) is 11.1 Å². The van der Waals surface area contributed by atoms with Gasteiger partial charge in [0.1, 0.15) is 6.61 Å². The van der Waals surface area contributed by atoms with E-state index in [9.17, 15) is 19.5 Å². The zero-order valence-electron chi connectivity index (χ0n) is 19.5. The van der Waals surface area contributed by atoms with Gasteiger partial charge in [-0.3, -0.25) is 9.59 Å². The second kappa shape index (κ2) is 10.1. The van der Waals surface area contributed by atoms with Crippen LogP contribution >= 0.6 is 0 Å². The molecule has 1 aliphatic carbocycles. The van der Waals surface area contributed by atoms with E-state index in [2.05, 4.69) is 29.6 Å². The molecule has 2 aromatic rings. The average Bonchev–Trinajstić information content (AvgIpc) is 3.49. The van der Waals surface area contributed by atoms with Crippen molar-refractivity contribution in [3.63, 3.8) is 0 Å². The van der Waals surface area contributed by atoms with Gasteiger partial charge in [-0.2, -0.15) is 0 Å². The Labute approximate surface area is 204 Å². The fourth-order valence-electron chi connectivity index (χ4n) is 5.50. The lowest BCUT2D eigenvalue weighted by Gasteiger charge is -2.32. The SMILES string of the molecule is O=C(NC[C@@H]1C[C@H](C(=O)N2CCC[C@@H](C(=O)O)C2)CO1)OCC1c2ccccc2-c2ccccc21. The van der Waals surface area contributed by atoms with Gasteiger partial charge in [-0.15, -0.1) is 0 Å². The molecule has 0 radical (unpaired) electrons. The van der Waals surface area contributed by atoms with Gasteiger partial charge < -0.3 is 24.8 Å². The van der Waals surface area contributed by atoms with E-state index in [1.54, 1.807) is 4.90 Å². The van der Waals surface area contributed by atoms with Gasteiger partial charge in [0.2, 0.25) is 5.91 Å². The Morgan fingerprint density at radius 2 is 1.71 bits per heavy atom. The summed E-state index contributed by atoms with van der Waals surface area (Å²) in [5.41, 5.74) is 4.67. The highest BCUT2D eigenvalue weighted by Crippen LogP contribution is 2.44. The summed E-state index contributed by atoms with van der Waals surface area (Å²) >= 11 is 0. The minimum Gasteiger partial charge on any atom is -0.481 e. The van der Waals surface area contributed by atoms with Crippen LogP contribution in [0.4, 0.5) is 4.79 Å².